The average Bonchev–Trinajstić information content (AvgIpc) is 2.17. The zero-order chi connectivity index (χ0) is 13.8. The summed E-state index contributed by atoms with van der Waals surface area (Å²) in [4.78, 5) is 30.0. The van der Waals surface area contributed by atoms with E-state index in [1.807, 2.05) is 0 Å². The van der Waals surface area contributed by atoms with Crippen LogP contribution < -0.4 is 5.73 Å². The predicted molar refractivity (Wildman–Crippen MR) is 62.8 cm³/mol. The SMILES string of the molecule is CCCCC[C](=O)[K].NC(CC(=O)O)C(=O)O. The molecule has 94 valence electrons. The fraction of sp³-hybridized carbons (Fsp3) is 0.700. The quantitative estimate of drug-likeness (QED) is 0.447. The number of rotatable bonds is 7. The Morgan fingerprint density at radius 2 is 1.76 bits per heavy atom. The number of hydrogen-bond donors (Lipinski definition) is 3. The van der Waals surface area contributed by atoms with Gasteiger partial charge in [-0.05, 0) is 0 Å². The van der Waals surface area contributed by atoms with E-state index in [0.29, 0.717) is 48.8 Å². The summed E-state index contributed by atoms with van der Waals surface area (Å²) < 4.78 is 0.506. The molecule has 4 N–H and O–H groups in total. The van der Waals surface area contributed by atoms with E-state index in [2.05, 4.69) is 6.92 Å². The van der Waals surface area contributed by atoms with Crippen molar-refractivity contribution in [2.24, 2.45) is 5.73 Å². The zero-order valence-corrected chi connectivity index (χ0v) is 13.4. The molecule has 0 heterocycles. The first-order valence-electron chi connectivity index (χ1n) is 5.50. The molecule has 0 amide bonds. The minimum absolute atomic E-state index is 0.431. The molecule has 7 heteroatoms. The van der Waals surface area contributed by atoms with Gasteiger partial charge in [-0.15, -0.1) is 0 Å². The summed E-state index contributed by atoms with van der Waals surface area (Å²) in [5, 5.41) is 16.0. The van der Waals surface area contributed by atoms with Gasteiger partial charge in [0.2, 0.25) is 0 Å². The molecular weight excluding hydrogens is 253 g/mol. The average molecular weight is 271 g/mol. The summed E-state index contributed by atoms with van der Waals surface area (Å²) in [5.41, 5.74) is 4.84. The van der Waals surface area contributed by atoms with Gasteiger partial charge >= 0.3 is 98.2 Å². The summed E-state index contributed by atoms with van der Waals surface area (Å²) in [6, 6.07) is -1.29. The number of hydrogen-bond acceptors (Lipinski definition) is 4. The van der Waals surface area contributed by atoms with E-state index in [1.165, 1.54) is 12.8 Å². The van der Waals surface area contributed by atoms with Crippen LogP contribution in [0, 0.1) is 0 Å². The van der Waals surface area contributed by atoms with Crippen LogP contribution >= 0.6 is 0 Å². The second kappa shape index (κ2) is 12.7. The maximum atomic E-state index is 10.4. The van der Waals surface area contributed by atoms with Crippen molar-refractivity contribution >= 4 is 60.8 Å². The Morgan fingerprint density at radius 1 is 1.24 bits per heavy atom. The molecule has 0 fully saturated rings. The molecule has 0 saturated carbocycles. The molecule has 1 unspecified atom stereocenters. The molecule has 0 aliphatic heterocycles. The van der Waals surface area contributed by atoms with Gasteiger partial charge in [0.1, 0.15) is 6.04 Å². The number of aliphatic carboxylic acids is 2. The van der Waals surface area contributed by atoms with Crippen LogP contribution in [0.3, 0.4) is 0 Å². The fourth-order valence-electron chi connectivity index (χ4n) is 0.899. The van der Waals surface area contributed by atoms with Crippen molar-refractivity contribution in [3.8, 4) is 0 Å². The van der Waals surface area contributed by atoms with Crippen LogP contribution in [0.2, 0.25) is 0 Å². The van der Waals surface area contributed by atoms with Gasteiger partial charge in [-0.25, -0.2) is 0 Å². The smallest absolute Gasteiger partial charge is 0.321 e. The largest absolute Gasteiger partial charge is 0.481 e. The standard InChI is InChI=1S/C6H11O.C4H7NO4.K/c1-2-3-4-5-6-7;5-2(4(8)9)1-3(6)7;/h2-5H2,1H3;2H,1,5H2,(H,6,7)(H,8,9);. The fourth-order valence-corrected chi connectivity index (χ4v) is 1.45. The molecule has 0 aliphatic carbocycles. The van der Waals surface area contributed by atoms with Gasteiger partial charge in [0.15, 0.2) is 0 Å². The molecule has 0 aromatic carbocycles. The first-order chi connectivity index (χ1) is 7.81. The van der Waals surface area contributed by atoms with Gasteiger partial charge in [-0.3, -0.25) is 9.59 Å². The Balaban J connectivity index is 0. The molecule has 0 saturated heterocycles. The second-order valence-corrected chi connectivity index (χ2v) is 5.44. The van der Waals surface area contributed by atoms with Crippen LogP contribution in [0.4, 0.5) is 0 Å². The Bertz CT molecular complexity index is 257. The number of unbranched alkanes of at least 4 members (excludes halogenated alkanes) is 2. The third-order valence-corrected chi connectivity index (χ3v) is 2.62. The molecule has 1 atom stereocenters. The topological polar surface area (TPSA) is 118 Å². The van der Waals surface area contributed by atoms with Gasteiger partial charge in [-0.1, -0.05) is 0 Å². The predicted octanol–water partition coefficient (Wildman–Crippen LogP) is 0.135. The molecule has 0 radical (unpaired) electrons. The van der Waals surface area contributed by atoms with E-state index >= 15 is 0 Å². The van der Waals surface area contributed by atoms with Crippen molar-refractivity contribution in [2.75, 3.05) is 0 Å². The third-order valence-electron chi connectivity index (χ3n) is 1.84. The molecule has 0 aliphatic rings. The van der Waals surface area contributed by atoms with Gasteiger partial charge < -0.3 is 15.9 Å². The first kappa shape index (κ1) is 19.5. The zero-order valence-electron chi connectivity index (χ0n) is 10.3. The van der Waals surface area contributed by atoms with E-state index in [4.69, 9.17) is 15.9 Å². The maximum absolute atomic E-state index is 10.4. The molecule has 17 heavy (non-hydrogen) atoms. The maximum Gasteiger partial charge on any atom is 0.321 e. The molecule has 0 aromatic rings. The monoisotopic (exact) mass is 271 g/mol. The van der Waals surface area contributed by atoms with E-state index < -0.39 is 24.4 Å². The van der Waals surface area contributed by atoms with Crippen LogP contribution in [0.5, 0.6) is 0 Å². The Kier molecular flexibility index (Phi) is 14.6. The van der Waals surface area contributed by atoms with Crippen molar-refractivity contribution in [1.82, 2.24) is 0 Å². The molecule has 0 rings (SSSR count). The van der Waals surface area contributed by atoms with Gasteiger partial charge in [0.25, 0.3) is 0 Å². The second-order valence-electron chi connectivity index (χ2n) is 3.70. The van der Waals surface area contributed by atoms with Crippen LogP contribution in [0.15, 0.2) is 0 Å². The van der Waals surface area contributed by atoms with Gasteiger partial charge in [0, 0.05) is 0 Å². The van der Waals surface area contributed by atoms with Gasteiger partial charge in [-0.2, -0.15) is 0 Å². The van der Waals surface area contributed by atoms with E-state index in [1.54, 1.807) is 0 Å². The van der Waals surface area contributed by atoms with E-state index in [0.717, 1.165) is 12.8 Å². The number of nitrogens with two attached hydrogens (primary N) is 1. The third kappa shape index (κ3) is 18.8. The van der Waals surface area contributed by atoms with Crippen molar-refractivity contribution < 1.29 is 24.6 Å². The van der Waals surface area contributed by atoms with Crippen LogP contribution in [-0.4, -0.2) is 77.0 Å². The first-order valence-corrected chi connectivity index (χ1v) is 7.07. The number of carbonyl (C=O) groups is 3. The van der Waals surface area contributed by atoms with Crippen molar-refractivity contribution in [2.45, 2.75) is 45.1 Å². The van der Waals surface area contributed by atoms with Crippen LogP contribution in [-0.2, 0) is 14.4 Å². The molecule has 0 aromatic heterocycles. The Morgan fingerprint density at radius 3 is 2.00 bits per heavy atom. The Hall–Kier alpha value is 0.206. The minimum Gasteiger partial charge on any atom is -0.481 e. The van der Waals surface area contributed by atoms with E-state index in [9.17, 15) is 14.4 Å². The van der Waals surface area contributed by atoms with Crippen molar-refractivity contribution in [1.29, 1.82) is 0 Å². The molecule has 0 spiro atoms. The van der Waals surface area contributed by atoms with Crippen molar-refractivity contribution in [3.63, 3.8) is 0 Å². The molecule has 6 nitrogen and oxygen atoms in total. The molecular formula is C10H18KNO5. The molecule has 0 bridgehead atoms. The summed E-state index contributed by atoms with van der Waals surface area (Å²) >= 11 is 0.431. The van der Waals surface area contributed by atoms with Crippen molar-refractivity contribution in [3.05, 3.63) is 0 Å². The number of carboxylic acids is 2. The minimum atomic E-state index is -1.29. The van der Waals surface area contributed by atoms with Crippen LogP contribution in [0.1, 0.15) is 39.0 Å². The normalized spacial score (nSPS) is 11.1. The summed E-state index contributed by atoms with van der Waals surface area (Å²) in [5.74, 6) is -2.50. The van der Waals surface area contributed by atoms with Crippen LogP contribution in [0.25, 0.3) is 0 Å². The summed E-state index contributed by atoms with van der Waals surface area (Å²) in [6.45, 7) is 2.15. The Labute approximate surface area is 135 Å². The van der Waals surface area contributed by atoms with E-state index in [-0.39, 0.29) is 0 Å². The van der Waals surface area contributed by atoms with Gasteiger partial charge in [0.05, 0.1) is 6.42 Å². The summed E-state index contributed by atoms with van der Waals surface area (Å²) in [7, 11) is 0. The number of carbonyl (C=O) groups excluding carboxylic acids is 1. The summed E-state index contributed by atoms with van der Waals surface area (Å²) in [6.07, 6.45) is 3.89. The number of carboxylic acid groups (broad SMARTS) is 2.